The summed E-state index contributed by atoms with van der Waals surface area (Å²) in [5.41, 5.74) is 2.23. The molecule has 3 N–H and O–H groups in total. The van der Waals surface area contributed by atoms with Crippen molar-refractivity contribution in [3.8, 4) is 11.5 Å². The third-order valence-electron chi connectivity index (χ3n) is 3.98. The van der Waals surface area contributed by atoms with E-state index < -0.39 is 0 Å². The summed E-state index contributed by atoms with van der Waals surface area (Å²) in [6, 6.07) is 15.8. The highest BCUT2D eigenvalue weighted by molar-refractivity contribution is 14.0. The van der Waals surface area contributed by atoms with E-state index in [0.717, 1.165) is 30.9 Å². The van der Waals surface area contributed by atoms with Gasteiger partial charge in [-0.15, -0.1) is 24.0 Å². The number of ether oxygens (including phenoxy) is 1. The molecule has 0 atom stereocenters. The molecule has 0 aliphatic heterocycles. The van der Waals surface area contributed by atoms with Crippen LogP contribution in [0.4, 0.5) is 0 Å². The van der Waals surface area contributed by atoms with Gasteiger partial charge in [0, 0.05) is 26.2 Å². The van der Waals surface area contributed by atoms with Crippen molar-refractivity contribution in [2.24, 2.45) is 4.99 Å². The van der Waals surface area contributed by atoms with Crippen molar-refractivity contribution in [2.45, 2.75) is 19.3 Å². The van der Waals surface area contributed by atoms with Gasteiger partial charge in [-0.25, -0.2) is 0 Å². The molecule has 0 radical (unpaired) electrons. The van der Waals surface area contributed by atoms with E-state index in [-0.39, 0.29) is 29.7 Å². The fourth-order valence-electron chi connectivity index (χ4n) is 2.56. The zero-order valence-electron chi connectivity index (χ0n) is 15.4. The quantitative estimate of drug-likeness (QED) is 0.240. The number of guanidine groups is 1. The number of aliphatic imine (C=N–C) groups is 1. The number of hydrogen-bond donors (Lipinski definition) is 3. The van der Waals surface area contributed by atoms with Gasteiger partial charge in [0.2, 0.25) is 0 Å². The lowest BCUT2D eigenvalue weighted by Gasteiger charge is -2.12. The average Bonchev–Trinajstić information content (AvgIpc) is 2.65. The number of benzene rings is 2. The van der Waals surface area contributed by atoms with Crippen LogP contribution in [0.3, 0.4) is 0 Å². The summed E-state index contributed by atoms with van der Waals surface area (Å²) in [5.74, 6) is 1.69. The maximum Gasteiger partial charge on any atom is 0.190 e. The second kappa shape index (κ2) is 12.4. The molecule has 0 aromatic heterocycles. The highest BCUT2D eigenvalue weighted by Gasteiger charge is 2.04. The Morgan fingerprint density at radius 1 is 1.04 bits per heavy atom. The zero-order chi connectivity index (χ0) is 17.9. The molecule has 5 nitrogen and oxygen atoms in total. The van der Waals surface area contributed by atoms with Crippen molar-refractivity contribution in [3.05, 3.63) is 59.7 Å². The molecule has 6 heteroatoms. The Hall–Kier alpha value is -1.96. The third kappa shape index (κ3) is 7.51. The van der Waals surface area contributed by atoms with Gasteiger partial charge in [0.05, 0.1) is 7.11 Å². The van der Waals surface area contributed by atoms with Gasteiger partial charge >= 0.3 is 0 Å². The van der Waals surface area contributed by atoms with E-state index in [4.69, 9.17) is 4.74 Å². The SMILES string of the molecule is CN=C(NCCCc1ccccc1)NCCc1ccc(OC)cc1O.I. The molecule has 0 aliphatic carbocycles. The molecule has 142 valence electrons. The van der Waals surface area contributed by atoms with E-state index in [9.17, 15) is 5.11 Å². The van der Waals surface area contributed by atoms with E-state index in [2.05, 4.69) is 39.9 Å². The first-order valence-electron chi connectivity index (χ1n) is 8.57. The lowest BCUT2D eigenvalue weighted by Crippen LogP contribution is -2.38. The van der Waals surface area contributed by atoms with Crippen molar-refractivity contribution < 1.29 is 9.84 Å². The number of rotatable bonds is 8. The average molecular weight is 469 g/mol. The molecule has 0 saturated heterocycles. The summed E-state index contributed by atoms with van der Waals surface area (Å²) in [5, 5.41) is 16.6. The summed E-state index contributed by atoms with van der Waals surface area (Å²) in [4.78, 5) is 4.23. The molecule has 0 heterocycles. The number of halogens is 1. The van der Waals surface area contributed by atoms with Gasteiger partial charge in [0.15, 0.2) is 5.96 Å². The number of nitrogens with zero attached hydrogens (tertiary/aromatic N) is 1. The van der Waals surface area contributed by atoms with Crippen LogP contribution in [-0.4, -0.2) is 38.3 Å². The van der Waals surface area contributed by atoms with Crippen LogP contribution in [0.25, 0.3) is 0 Å². The molecule has 0 aliphatic rings. The Labute approximate surface area is 172 Å². The first kappa shape index (κ1) is 22.1. The maximum absolute atomic E-state index is 9.97. The molecule has 2 aromatic rings. The molecule has 0 unspecified atom stereocenters. The van der Waals surface area contributed by atoms with Crippen LogP contribution in [0.1, 0.15) is 17.5 Å². The Bertz CT molecular complexity index is 678. The topological polar surface area (TPSA) is 65.9 Å². The summed E-state index contributed by atoms with van der Waals surface area (Å²) in [6.07, 6.45) is 2.80. The van der Waals surface area contributed by atoms with E-state index in [1.54, 1.807) is 20.2 Å². The predicted octanol–water partition coefficient (Wildman–Crippen LogP) is 3.36. The minimum absolute atomic E-state index is 0. The molecule has 0 amide bonds. The standard InChI is InChI=1S/C20H27N3O2.HI/c1-21-20(22-13-6-9-16-7-4-3-5-8-16)23-14-12-17-10-11-18(25-2)15-19(17)24;/h3-5,7-8,10-11,15,24H,6,9,12-14H2,1-2H3,(H2,21,22,23);1H. The van der Waals surface area contributed by atoms with Gasteiger partial charge in [0.25, 0.3) is 0 Å². The lowest BCUT2D eigenvalue weighted by atomic mass is 10.1. The lowest BCUT2D eigenvalue weighted by molar-refractivity contribution is 0.406. The molecule has 26 heavy (non-hydrogen) atoms. The third-order valence-corrected chi connectivity index (χ3v) is 3.98. The summed E-state index contributed by atoms with van der Waals surface area (Å²) < 4.78 is 5.09. The van der Waals surface area contributed by atoms with Crippen molar-refractivity contribution in [1.29, 1.82) is 0 Å². The largest absolute Gasteiger partial charge is 0.508 e. The number of hydrogen-bond acceptors (Lipinski definition) is 3. The smallest absolute Gasteiger partial charge is 0.190 e. The van der Waals surface area contributed by atoms with Crippen LogP contribution in [0.5, 0.6) is 11.5 Å². The van der Waals surface area contributed by atoms with Crippen LogP contribution < -0.4 is 15.4 Å². The van der Waals surface area contributed by atoms with Crippen LogP contribution >= 0.6 is 24.0 Å². The summed E-state index contributed by atoms with van der Waals surface area (Å²) in [6.45, 7) is 1.56. The Kier molecular flexibility index (Phi) is 10.5. The number of methoxy groups -OCH3 is 1. The summed E-state index contributed by atoms with van der Waals surface area (Å²) in [7, 11) is 3.35. The molecule has 0 spiro atoms. The van der Waals surface area contributed by atoms with Gasteiger partial charge in [-0.2, -0.15) is 0 Å². The summed E-state index contributed by atoms with van der Waals surface area (Å²) >= 11 is 0. The fraction of sp³-hybridized carbons (Fsp3) is 0.350. The zero-order valence-corrected chi connectivity index (χ0v) is 17.7. The first-order chi connectivity index (χ1) is 12.2. The van der Waals surface area contributed by atoms with Crippen molar-refractivity contribution in [1.82, 2.24) is 10.6 Å². The van der Waals surface area contributed by atoms with Crippen LogP contribution in [-0.2, 0) is 12.8 Å². The number of aromatic hydroxyl groups is 1. The minimum Gasteiger partial charge on any atom is -0.508 e. The van der Waals surface area contributed by atoms with Crippen molar-refractivity contribution in [2.75, 3.05) is 27.2 Å². The Morgan fingerprint density at radius 2 is 1.77 bits per heavy atom. The molecular weight excluding hydrogens is 441 g/mol. The van der Waals surface area contributed by atoms with Crippen molar-refractivity contribution >= 4 is 29.9 Å². The van der Waals surface area contributed by atoms with E-state index >= 15 is 0 Å². The van der Waals surface area contributed by atoms with Gasteiger partial charge in [-0.3, -0.25) is 4.99 Å². The fourth-order valence-corrected chi connectivity index (χ4v) is 2.56. The molecular formula is C20H28IN3O2. The van der Waals surface area contributed by atoms with Crippen LogP contribution in [0.2, 0.25) is 0 Å². The minimum atomic E-state index is 0. The molecule has 2 rings (SSSR count). The van der Waals surface area contributed by atoms with E-state index in [1.165, 1.54) is 5.56 Å². The first-order valence-corrected chi connectivity index (χ1v) is 8.57. The molecule has 0 fully saturated rings. The highest BCUT2D eigenvalue weighted by Crippen LogP contribution is 2.23. The molecule has 0 bridgehead atoms. The van der Waals surface area contributed by atoms with Gasteiger partial charge in [-0.05, 0) is 36.5 Å². The number of phenols is 1. The maximum atomic E-state index is 9.97. The second-order valence-corrected chi connectivity index (χ2v) is 5.76. The van der Waals surface area contributed by atoms with Gasteiger partial charge < -0.3 is 20.5 Å². The van der Waals surface area contributed by atoms with Gasteiger partial charge in [0.1, 0.15) is 11.5 Å². The van der Waals surface area contributed by atoms with Gasteiger partial charge in [-0.1, -0.05) is 36.4 Å². The van der Waals surface area contributed by atoms with Crippen LogP contribution in [0, 0.1) is 0 Å². The van der Waals surface area contributed by atoms with Crippen LogP contribution in [0.15, 0.2) is 53.5 Å². The number of aryl methyl sites for hydroxylation is 1. The molecule has 2 aromatic carbocycles. The number of nitrogens with one attached hydrogen (secondary N) is 2. The number of phenolic OH excluding ortho intramolecular Hbond substituents is 1. The highest BCUT2D eigenvalue weighted by atomic mass is 127. The van der Waals surface area contributed by atoms with E-state index in [0.29, 0.717) is 18.7 Å². The Morgan fingerprint density at radius 3 is 2.42 bits per heavy atom. The second-order valence-electron chi connectivity index (χ2n) is 5.76. The molecule has 0 saturated carbocycles. The van der Waals surface area contributed by atoms with Crippen molar-refractivity contribution in [3.63, 3.8) is 0 Å². The Balaban J connectivity index is 0.00000338. The monoisotopic (exact) mass is 469 g/mol. The normalized spacial score (nSPS) is 10.8. The van der Waals surface area contributed by atoms with E-state index in [1.807, 2.05) is 18.2 Å². The predicted molar refractivity (Wildman–Crippen MR) is 118 cm³/mol.